The van der Waals surface area contributed by atoms with Crippen LogP contribution < -0.4 is 32.6 Å². The van der Waals surface area contributed by atoms with E-state index < -0.39 is 41.9 Å². The molecule has 2 atom stereocenters. The van der Waals surface area contributed by atoms with Gasteiger partial charge in [-0.25, -0.2) is 0 Å². The number of carbonyl (C=O) groups is 3. The van der Waals surface area contributed by atoms with Crippen LogP contribution in [0.5, 0.6) is 5.75 Å². The minimum absolute atomic E-state index is 0.196. The quantitative estimate of drug-likeness (QED) is 0.240. The highest BCUT2D eigenvalue weighted by molar-refractivity contribution is 5.98. The minimum Gasteiger partial charge on any atom is -0.406 e. The van der Waals surface area contributed by atoms with Crippen molar-refractivity contribution in [3.63, 3.8) is 0 Å². The molecule has 0 spiro atoms. The molecule has 0 bridgehead atoms. The molecule has 0 saturated heterocycles. The van der Waals surface area contributed by atoms with Crippen molar-refractivity contribution in [3.8, 4) is 5.75 Å². The summed E-state index contributed by atoms with van der Waals surface area (Å²) in [5.74, 6) is -2.15. The fourth-order valence-electron chi connectivity index (χ4n) is 3.56. The van der Waals surface area contributed by atoms with Gasteiger partial charge in [-0.1, -0.05) is 30.3 Å². The standard InChI is InChI=1S/C25H33F3N6O4/c26-25(27,28)38-19-9-7-18(8-10-19)32-24(37)21(11-6-17-4-2-1-3-5-17)33-23(36)20(31)16-22(35)34(14-12-29)15-13-30/h1-5,7-10,20-21H,6,11-16,29-31H2,(H,32,37)(H,33,36)/t20-,21-/m0/s1. The molecule has 0 aliphatic heterocycles. The fourth-order valence-corrected chi connectivity index (χ4v) is 3.56. The molecule has 2 aromatic carbocycles. The summed E-state index contributed by atoms with van der Waals surface area (Å²) >= 11 is 0. The van der Waals surface area contributed by atoms with Crippen molar-refractivity contribution in [2.45, 2.75) is 37.7 Å². The van der Waals surface area contributed by atoms with E-state index in [0.29, 0.717) is 6.42 Å². The number of hydrogen-bond acceptors (Lipinski definition) is 7. The SMILES string of the molecule is NCCN(CCN)C(=O)C[C@H](N)C(=O)N[C@@H](CCc1ccccc1)C(=O)Nc1ccc(OC(F)(F)F)cc1. The molecule has 13 heteroatoms. The lowest BCUT2D eigenvalue weighted by molar-refractivity contribution is -0.274. The Morgan fingerprint density at radius 1 is 0.921 bits per heavy atom. The number of amides is 3. The Balaban J connectivity index is 2.08. The molecular weight excluding hydrogens is 505 g/mol. The second-order valence-corrected chi connectivity index (χ2v) is 8.42. The zero-order valence-electron chi connectivity index (χ0n) is 20.7. The second-order valence-electron chi connectivity index (χ2n) is 8.42. The van der Waals surface area contributed by atoms with Crippen LogP contribution in [-0.2, 0) is 20.8 Å². The van der Waals surface area contributed by atoms with E-state index in [1.54, 1.807) is 0 Å². The second kappa shape index (κ2) is 14.9. The van der Waals surface area contributed by atoms with E-state index in [0.717, 1.165) is 17.7 Å². The van der Waals surface area contributed by atoms with Gasteiger partial charge in [-0.05, 0) is 42.7 Å². The first-order valence-electron chi connectivity index (χ1n) is 12.0. The Labute approximate surface area is 218 Å². The van der Waals surface area contributed by atoms with Crippen LogP contribution >= 0.6 is 0 Å². The maximum atomic E-state index is 13.0. The number of anilines is 1. The monoisotopic (exact) mass is 538 g/mol. The van der Waals surface area contributed by atoms with Crippen LogP contribution in [0.25, 0.3) is 0 Å². The molecule has 2 rings (SSSR count). The maximum Gasteiger partial charge on any atom is 0.573 e. The van der Waals surface area contributed by atoms with Gasteiger partial charge in [0.2, 0.25) is 17.7 Å². The highest BCUT2D eigenvalue weighted by Crippen LogP contribution is 2.24. The number of nitrogens with zero attached hydrogens (tertiary/aromatic N) is 1. The van der Waals surface area contributed by atoms with Crippen molar-refractivity contribution in [1.82, 2.24) is 10.2 Å². The molecule has 2 aromatic rings. The smallest absolute Gasteiger partial charge is 0.406 e. The van der Waals surface area contributed by atoms with Gasteiger partial charge in [-0.3, -0.25) is 14.4 Å². The van der Waals surface area contributed by atoms with E-state index in [9.17, 15) is 27.6 Å². The molecule has 0 aliphatic carbocycles. The van der Waals surface area contributed by atoms with Gasteiger partial charge in [0.1, 0.15) is 11.8 Å². The van der Waals surface area contributed by atoms with E-state index in [1.165, 1.54) is 17.0 Å². The molecule has 10 nitrogen and oxygen atoms in total. The van der Waals surface area contributed by atoms with Gasteiger partial charge in [0, 0.05) is 31.9 Å². The largest absolute Gasteiger partial charge is 0.573 e. The summed E-state index contributed by atoms with van der Waals surface area (Å²) in [6.07, 6.45) is -4.51. The van der Waals surface area contributed by atoms with Crippen LogP contribution in [0.1, 0.15) is 18.4 Å². The van der Waals surface area contributed by atoms with E-state index in [-0.39, 0.29) is 44.7 Å². The highest BCUT2D eigenvalue weighted by atomic mass is 19.4. The number of alkyl halides is 3. The molecule has 38 heavy (non-hydrogen) atoms. The van der Waals surface area contributed by atoms with Gasteiger partial charge >= 0.3 is 6.36 Å². The third kappa shape index (κ3) is 10.7. The van der Waals surface area contributed by atoms with Crippen molar-refractivity contribution in [2.24, 2.45) is 17.2 Å². The Morgan fingerprint density at radius 3 is 2.08 bits per heavy atom. The van der Waals surface area contributed by atoms with E-state index in [4.69, 9.17) is 17.2 Å². The lowest BCUT2D eigenvalue weighted by atomic mass is 10.0. The first-order valence-corrected chi connectivity index (χ1v) is 12.0. The number of rotatable bonds is 14. The third-order valence-corrected chi connectivity index (χ3v) is 5.43. The van der Waals surface area contributed by atoms with Gasteiger partial charge < -0.3 is 37.5 Å². The number of carbonyl (C=O) groups excluding carboxylic acids is 3. The summed E-state index contributed by atoms with van der Waals surface area (Å²) in [7, 11) is 0. The van der Waals surface area contributed by atoms with Crippen molar-refractivity contribution in [3.05, 3.63) is 60.2 Å². The van der Waals surface area contributed by atoms with Crippen LogP contribution in [-0.4, -0.2) is 67.2 Å². The van der Waals surface area contributed by atoms with Crippen LogP contribution in [0.4, 0.5) is 18.9 Å². The molecule has 0 aliphatic rings. The number of hydrogen-bond donors (Lipinski definition) is 5. The number of benzene rings is 2. The number of halogens is 3. The minimum atomic E-state index is -4.84. The van der Waals surface area contributed by atoms with E-state index in [2.05, 4.69) is 15.4 Å². The van der Waals surface area contributed by atoms with E-state index in [1.807, 2.05) is 30.3 Å². The summed E-state index contributed by atoms with van der Waals surface area (Å²) in [6, 6.07) is 11.6. The molecule has 3 amide bonds. The Bertz CT molecular complexity index is 1030. The van der Waals surface area contributed by atoms with Crippen LogP contribution in [0.2, 0.25) is 0 Å². The van der Waals surface area contributed by atoms with Crippen molar-refractivity contribution in [1.29, 1.82) is 0 Å². The number of nitrogens with one attached hydrogen (secondary N) is 2. The first-order chi connectivity index (χ1) is 18.0. The average Bonchev–Trinajstić information content (AvgIpc) is 2.87. The molecule has 0 unspecified atom stereocenters. The van der Waals surface area contributed by atoms with Gasteiger partial charge in [0.05, 0.1) is 12.5 Å². The summed E-state index contributed by atoms with van der Waals surface area (Å²) < 4.78 is 41.0. The fraction of sp³-hybridized carbons (Fsp3) is 0.400. The van der Waals surface area contributed by atoms with E-state index >= 15 is 0 Å². The first kappa shape index (κ1) is 30.5. The number of nitrogens with two attached hydrogens (primary N) is 3. The summed E-state index contributed by atoms with van der Waals surface area (Å²) in [6.45, 7) is 0.967. The Morgan fingerprint density at radius 2 is 1.53 bits per heavy atom. The summed E-state index contributed by atoms with van der Waals surface area (Å²) in [4.78, 5) is 39.8. The molecule has 0 radical (unpaired) electrons. The Kier molecular flexibility index (Phi) is 12.0. The topological polar surface area (TPSA) is 166 Å². The van der Waals surface area contributed by atoms with Gasteiger partial charge in [0.15, 0.2) is 0 Å². The molecular formula is C25H33F3N6O4. The van der Waals surface area contributed by atoms with Crippen LogP contribution in [0.3, 0.4) is 0 Å². The lowest BCUT2D eigenvalue weighted by Gasteiger charge is -2.24. The van der Waals surface area contributed by atoms with Crippen LogP contribution in [0.15, 0.2) is 54.6 Å². The zero-order chi connectivity index (χ0) is 28.1. The van der Waals surface area contributed by atoms with Gasteiger partial charge in [-0.2, -0.15) is 0 Å². The predicted octanol–water partition coefficient (Wildman–Crippen LogP) is 1.10. The van der Waals surface area contributed by atoms with Crippen LogP contribution in [0, 0.1) is 0 Å². The van der Waals surface area contributed by atoms with Crippen molar-refractivity contribution in [2.75, 3.05) is 31.5 Å². The lowest BCUT2D eigenvalue weighted by Crippen LogP contribution is -2.52. The maximum absolute atomic E-state index is 13.0. The number of aryl methyl sites for hydroxylation is 1. The van der Waals surface area contributed by atoms with Gasteiger partial charge in [-0.15, -0.1) is 13.2 Å². The summed E-state index contributed by atoms with van der Waals surface area (Å²) in [5.41, 5.74) is 18.1. The molecule has 0 heterocycles. The normalized spacial score (nSPS) is 12.8. The van der Waals surface area contributed by atoms with Crippen molar-refractivity contribution >= 4 is 23.4 Å². The van der Waals surface area contributed by atoms with Gasteiger partial charge in [0.25, 0.3) is 0 Å². The molecule has 0 aromatic heterocycles. The average molecular weight is 539 g/mol. The Hall–Kier alpha value is -3.68. The predicted molar refractivity (Wildman–Crippen MR) is 136 cm³/mol. The highest BCUT2D eigenvalue weighted by Gasteiger charge is 2.31. The number of ether oxygens (including phenoxy) is 1. The molecule has 208 valence electrons. The zero-order valence-corrected chi connectivity index (χ0v) is 20.7. The third-order valence-electron chi connectivity index (χ3n) is 5.43. The molecule has 0 fully saturated rings. The molecule has 8 N–H and O–H groups in total. The van der Waals surface area contributed by atoms with Crippen molar-refractivity contribution < 1.29 is 32.3 Å². The molecule has 0 saturated carbocycles. The summed E-state index contributed by atoms with van der Waals surface area (Å²) in [5, 5.41) is 5.16.